The van der Waals surface area contributed by atoms with Gasteiger partial charge in [0.25, 0.3) is 5.91 Å². The molecule has 2 aromatic rings. The standard InChI is InChI=1S/C26H34N4O2/c1-19-4-6-21(7-5-19)26(32)29-15-12-20(13-16-29)25(31)27-22-8-10-23(11-9-22)30-17-14-24(18-30)28(2)3/h4-11,20,24H,12-18H2,1-3H3,(H,27,31). The Bertz CT molecular complexity index is 931. The summed E-state index contributed by atoms with van der Waals surface area (Å²) in [5.74, 6) is 0.0445. The molecule has 2 aromatic carbocycles. The van der Waals surface area contributed by atoms with Gasteiger partial charge in [-0.05, 0) is 76.7 Å². The van der Waals surface area contributed by atoms with Gasteiger partial charge in [0.15, 0.2) is 0 Å². The molecule has 2 aliphatic rings. The van der Waals surface area contributed by atoms with Gasteiger partial charge in [0.1, 0.15) is 0 Å². The van der Waals surface area contributed by atoms with E-state index in [2.05, 4.69) is 41.3 Å². The number of benzene rings is 2. The van der Waals surface area contributed by atoms with Crippen LogP contribution in [0.2, 0.25) is 0 Å². The van der Waals surface area contributed by atoms with Crippen molar-refractivity contribution < 1.29 is 9.59 Å². The first-order valence-electron chi connectivity index (χ1n) is 11.6. The molecule has 2 saturated heterocycles. The van der Waals surface area contributed by atoms with Crippen molar-refractivity contribution in [2.24, 2.45) is 5.92 Å². The highest BCUT2D eigenvalue weighted by Gasteiger charge is 2.28. The largest absolute Gasteiger partial charge is 0.370 e. The van der Waals surface area contributed by atoms with Gasteiger partial charge >= 0.3 is 0 Å². The lowest BCUT2D eigenvalue weighted by Crippen LogP contribution is -2.41. The maximum absolute atomic E-state index is 12.8. The van der Waals surface area contributed by atoms with Crippen molar-refractivity contribution in [3.05, 3.63) is 59.7 Å². The molecule has 0 radical (unpaired) electrons. The molecule has 6 heteroatoms. The molecule has 1 N–H and O–H groups in total. The first-order chi connectivity index (χ1) is 15.4. The fourth-order valence-corrected chi connectivity index (χ4v) is 4.62. The zero-order chi connectivity index (χ0) is 22.7. The van der Waals surface area contributed by atoms with Gasteiger partial charge in [0, 0.05) is 55.1 Å². The topological polar surface area (TPSA) is 55.9 Å². The molecule has 0 bridgehead atoms. The first kappa shape index (κ1) is 22.3. The Balaban J connectivity index is 1.27. The van der Waals surface area contributed by atoms with E-state index in [-0.39, 0.29) is 17.7 Å². The fourth-order valence-electron chi connectivity index (χ4n) is 4.62. The second-order valence-corrected chi connectivity index (χ2v) is 9.32. The number of likely N-dealkylation sites (tertiary alicyclic amines) is 1. The van der Waals surface area contributed by atoms with Crippen LogP contribution in [0.3, 0.4) is 0 Å². The van der Waals surface area contributed by atoms with Crippen molar-refractivity contribution in [1.29, 1.82) is 0 Å². The highest BCUT2D eigenvalue weighted by atomic mass is 16.2. The van der Waals surface area contributed by atoms with E-state index in [1.165, 1.54) is 12.1 Å². The van der Waals surface area contributed by atoms with Crippen LogP contribution in [0.15, 0.2) is 48.5 Å². The molecule has 2 fully saturated rings. The number of aryl methyl sites for hydroxylation is 1. The van der Waals surface area contributed by atoms with Crippen LogP contribution in [0.5, 0.6) is 0 Å². The summed E-state index contributed by atoms with van der Waals surface area (Å²) in [5, 5.41) is 3.07. The number of piperidine rings is 1. The van der Waals surface area contributed by atoms with E-state index in [0.29, 0.717) is 37.5 Å². The molecule has 0 aliphatic carbocycles. The number of nitrogens with one attached hydrogen (secondary N) is 1. The van der Waals surface area contributed by atoms with Crippen LogP contribution in [0, 0.1) is 12.8 Å². The number of hydrogen-bond acceptors (Lipinski definition) is 4. The van der Waals surface area contributed by atoms with Crippen molar-refractivity contribution >= 4 is 23.2 Å². The smallest absolute Gasteiger partial charge is 0.253 e. The van der Waals surface area contributed by atoms with Crippen molar-refractivity contribution in [2.45, 2.75) is 32.2 Å². The fraction of sp³-hybridized carbons (Fsp3) is 0.462. The van der Waals surface area contributed by atoms with Gasteiger partial charge in [-0.15, -0.1) is 0 Å². The molecular formula is C26H34N4O2. The Morgan fingerprint density at radius 3 is 2.16 bits per heavy atom. The lowest BCUT2D eigenvalue weighted by atomic mass is 9.95. The van der Waals surface area contributed by atoms with E-state index < -0.39 is 0 Å². The molecule has 32 heavy (non-hydrogen) atoms. The Morgan fingerprint density at radius 1 is 0.906 bits per heavy atom. The Kier molecular flexibility index (Phi) is 6.80. The average Bonchev–Trinajstić information content (AvgIpc) is 3.30. The van der Waals surface area contributed by atoms with Crippen molar-refractivity contribution in [3.63, 3.8) is 0 Å². The monoisotopic (exact) mass is 434 g/mol. The molecule has 0 aromatic heterocycles. The third-order valence-electron chi connectivity index (χ3n) is 6.85. The zero-order valence-corrected chi connectivity index (χ0v) is 19.4. The maximum Gasteiger partial charge on any atom is 0.253 e. The van der Waals surface area contributed by atoms with E-state index in [0.717, 1.165) is 24.3 Å². The molecule has 0 saturated carbocycles. The maximum atomic E-state index is 12.8. The number of likely N-dealkylation sites (N-methyl/N-ethyl adjacent to an activating group) is 1. The average molecular weight is 435 g/mol. The van der Waals surface area contributed by atoms with Crippen LogP contribution < -0.4 is 10.2 Å². The summed E-state index contributed by atoms with van der Waals surface area (Å²) in [6.45, 7) is 5.35. The van der Waals surface area contributed by atoms with E-state index in [1.807, 2.05) is 48.2 Å². The van der Waals surface area contributed by atoms with Crippen LogP contribution in [0.1, 0.15) is 35.2 Å². The van der Waals surface area contributed by atoms with Crippen LogP contribution in [0.4, 0.5) is 11.4 Å². The highest BCUT2D eigenvalue weighted by molar-refractivity contribution is 5.95. The van der Waals surface area contributed by atoms with Gasteiger partial charge in [0.2, 0.25) is 5.91 Å². The van der Waals surface area contributed by atoms with E-state index in [9.17, 15) is 9.59 Å². The Morgan fingerprint density at radius 2 is 1.56 bits per heavy atom. The van der Waals surface area contributed by atoms with E-state index in [4.69, 9.17) is 0 Å². The number of anilines is 2. The molecule has 4 rings (SSSR count). The number of amides is 2. The van der Waals surface area contributed by atoms with Gasteiger partial charge in [-0.3, -0.25) is 9.59 Å². The van der Waals surface area contributed by atoms with E-state index >= 15 is 0 Å². The molecule has 170 valence electrons. The molecular weight excluding hydrogens is 400 g/mol. The minimum atomic E-state index is -0.0591. The lowest BCUT2D eigenvalue weighted by molar-refractivity contribution is -0.121. The van der Waals surface area contributed by atoms with E-state index in [1.54, 1.807) is 0 Å². The normalized spacial score (nSPS) is 19.4. The first-order valence-corrected chi connectivity index (χ1v) is 11.6. The predicted octanol–water partition coefficient (Wildman–Crippen LogP) is 3.63. The molecule has 2 aliphatic heterocycles. The number of carbonyl (C=O) groups excluding carboxylic acids is 2. The second-order valence-electron chi connectivity index (χ2n) is 9.32. The summed E-state index contributed by atoms with van der Waals surface area (Å²) in [7, 11) is 4.27. The van der Waals surface area contributed by atoms with Gasteiger partial charge in [-0.25, -0.2) is 0 Å². The third-order valence-corrected chi connectivity index (χ3v) is 6.85. The van der Waals surface area contributed by atoms with Gasteiger partial charge in [0.05, 0.1) is 0 Å². The van der Waals surface area contributed by atoms with Crippen molar-refractivity contribution in [2.75, 3.05) is 50.5 Å². The van der Waals surface area contributed by atoms with Crippen LogP contribution >= 0.6 is 0 Å². The molecule has 0 spiro atoms. The molecule has 2 amide bonds. The minimum absolute atomic E-state index is 0.0500. The Labute approximate surface area is 191 Å². The summed E-state index contributed by atoms with van der Waals surface area (Å²) < 4.78 is 0. The second kappa shape index (κ2) is 9.74. The third kappa shape index (κ3) is 5.13. The molecule has 1 atom stereocenters. The number of rotatable bonds is 5. The van der Waals surface area contributed by atoms with Gasteiger partial charge < -0.3 is 20.0 Å². The molecule has 6 nitrogen and oxygen atoms in total. The number of hydrogen-bond donors (Lipinski definition) is 1. The quantitative estimate of drug-likeness (QED) is 0.781. The van der Waals surface area contributed by atoms with Gasteiger partial charge in [-0.1, -0.05) is 17.7 Å². The van der Waals surface area contributed by atoms with Crippen molar-refractivity contribution in [1.82, 2.24) is 9.80 Å². The van der Waals surface area contributed by atoms with Gasteiger partial charge in [-0.2, -0.15) is 0 Å². The summed E-state index contributed by atoms with van der Waals surface area (Å²) in [6, 6.07) is 16.4. The minimum Gasteiger partial charge on any atom is -0.370 e. The predicted molar refractivity (Wildman–Crippen MR) is 129 cm³/mol. The lowest BCUT2D eigenvalue weighted by Gasteiger charge is -2.31. The Hall–Kier alpha value is -2.86. The van der Waals surface area contributed by atoms with Crippen LogP contribution in [-0.4, -0.2) is 67.9 Å². The zero-order valence-electron chi connectivity index (χ0n) is 19.4. The number of carbonyl (C=O) groups is 2. The summed E-state index contributed by atoms with van der Waals surface area (Å²) >= 11 is 0. The highest BCUT2D eigenvalue weighted by Crippen LogP contribution is 2.25. The van der Waals surface area contributed by atoms with Crippen molar-refractivity contribution in [3.8, 4) is 0 Å². The van der Waals surface area contributed by atoms with Crippen LogP contribution in [-0.2, 0) is 4.79 Å². The summed E-state index contributed by atoms with van der Waals surface area (Å²) in [5.41, 5.74) is 3.90. The van der Waals surface area contributed by atoms with Crippen LogP contribution in [0.25, 0.3) is 0 Å². The number of nitrogens with zero attached hydrogens (tertiary/aromatic N) is 3. The summed E-state index contributed by atoms with van der Waals surface area (Å²) in [6.07, 6.45) is 2.57. The SMILES string of the molecule is Cc1ccc(C(=O)N2CCC(C(=O)Nc3ccc(N4CCC(N(C)C)C4)cc3)CC2)cc1. The molecule has 1 unspecified atom stereocenters. The molecule has 2 heterocycles. The summed E-state index contributed by atoms with van der Waals surface area (Å²) in [4.78, 5) is 32.0.